The molecule has 5 nitrogen and oxygen atoms in total. The van der Waals surface area contributed by atoms with Gasteiger partial charge in [0, 0.05) is 28.2 Å². The van der Waals surface area contributed by atoms with Crippen molar-refractivity contribution in [1.82, 2.24) is 4.98 Å². The maximum absolute atomic E-state index is 11.6. The highest BCUT2D eigenvalue weighted by molar-refractivity contribution is 9.10. The fourth-order valence-corrected chi connectivity index (χ4v) is 2.35. The molecular formula is C16H20BrN3O2. The van der Waals surface area contributed by atoms with Gasteiger partial charge in [0.25, 0.3) is 0 Å². The number of fused-ring (bicyclic) bond motifs is 1. The van der Waals surface area contributed by atoms with Crippen molar-refractivity contribution in [3.05, 3.63) is 28.7 Å². The molecule has 0 spiro atoms. The Kier molecular flexibility index (Phi) is 5.60. The lowest BCUT2D eigenvalue weighted by Crippen LogP contribution is -2.14. The van der Waals surface area contributed by atoms with Crippen LogP contribution in [0.3, 0.4) is 0 Å². The second-order valence-corrected chi connectivity index (χ2v) is 6.43. The lowest BCUT2D eigenvalue weighted by Gasteiger charge is -2.11. The highest BCUT2D eigenvalue weighted by atomic mass is 79.9. The zero-order chi connectivity index (χ0) is 16.1. The molecule has 0 aliphatic carbocycles. The maximum Gasteiger partial charge on any atom is 0.307 e. The Balaban J connectivity index is 2.01. The van der Waals surface area contributed by atoms with Gasteiger partial charge in [-0.05, 0) is 24.1 Å². The predicted octanol–water partition coefficient (Wildman–Crippen LogP) is 3.58. The molecule has 1 aromatic heterocycles. The summed E-state index contributed by atoms with van der Waals surface area (Å²) in [7, 11) is 0. The van der Waals surface area contributed by atoms with E-state index in [1.165, 1.54) is 0 Å². The first-order valence-corrected chi connectivity index (χ1v) is 8.00. The van der Waals surface area contributed by atoms with Crippen LogP contribution in [0.4, 0.5) is 11.5 Å². The minimum Gasteiger partial charge on any atom is -0.465 e. The van der Waals surface area contributed by atoms with Gasteiger partial charge in [0.2, 0.25) is 0 Å². The Morgan fingerprint density at radius 2 is 2.18 bits per heavy atom. The van der Waals surface area contributed by atoms with Gasteiger partial charge in [-0.15, -0.1) is 0 Å². The molecule has 6 heteroatoms. The summed E-state index contributed by atoms with van der Waals surface area (Å²) in [5.74, 6) is 0.588. The van der Waals surface area contributed by atoms with Crippen LogP contribution in [0.15, 0.2) is 28.7 Å². The quantitative estimate of drug-likeness (QED) is 0.765. The van der Waals surface area contributed by atoms with Crippen LogP contribution in [0, 0.1) is 5.92 Å². The van der Waals surface area contributed by atoms with Gasteiger partial charge in [0.1, 0.15) is 5.82 Å². The number of nitrogens with zero attached hydrogens (tertiary/aromatic N) is 1. The maximum atomic E-state index is 11.6. The Labute approximate surface area is 138 Å². The standard InChI is InChI=1S/C16H20BrN3O2/c1-10(2)9-22-16(21)5-6-19-13-8-15(18)20-14-7-11(17)3-4-12(13)14/h3-4,7-8,10H,5-6,9H2,1-2H3,(H3,18,19,20). The van der Waals surface area contributed by atoms with Crippen molar-refractivity contribution >= 4 is 44.3 Å². The summed E-state index contributed by atoms with van der Waals surface area (Å²) < 4.78 is 6.09. The normalized spacial score (nSPS) is 10.9. The molecule has 0 saturated heterocycles. The zero-order valence-electron chi connectivity index (χ0n) is 12.7. The Morgan fingerprint density at radius 1 is 1.41 bits per heavy atom. The van der Waals surface area contributed by atoms with Crippen LogP contribution in [0.2, 0.25) is 0 Å². The molecule has 3 N–H and O–H groups in total. The van der Waals surface area contributed by atoms with Crippen molar-refractivity contribution in [3.8, 4) is 0 Å². The van der Waals surface area contributed by atoms with Gasteiger partial charge in [0.05, 0.1) is 18.5 Å². The number of esters is 1. The highest BCUT2D eigenvalue weighted by Crippen LogP contribution is 2.26. The van der Waals surface area contributed by atoms with E-state index in [1.54, 1.807) is 6.07 Å². The van der Waals surface area contributed by atoms with Gasteiger partial charge >= 0.3 is 5.97 Å². The van der Waals surface area contributed by atoms with Crippen LogP contribution in [0.5, 0.6) is 0 Å². The van der Waals surface area contributed by atoms with E-state index in [2.05, 4.69) is 26.2 Å². The average Bonchev–Trinajstić information content (AvgIpc) is 2.44. The number of ether oxygens (including phenoxy) is 1. The highest BCUT2D eigenvalue weighted by Gasteiger charge is 2.07. The summed E-state index contributed by atoms with van der Waals surface area (Å²) in [5, 5.41) is 4.20. The molecule has 0 saturated carbocycles. The summed E-state index contributed by atoms with van der Waals surface area (Å²) in [6.45, 7) is 4.97. The summed E-state index contributed by atoms with van der Waals surface area (Å²) in [6.07, 6.45) is 0.312. The lowest BCUT2D eigenvalue weighted by molar-refractivity contribution is -0.144. The van der Waals surface area contributed by atoms with Gasteiger partial charge in [-0.25, -0.2) is 4.98 Å². The summed E-state index contributed by atoms with van der Waals surface area (Å²) in [4.78, 5) is 15.9. The fraction of sp³-hybridized carbons (Fsp3) is 0.375. The third kappa shape index (κ3) is 4.59. The number of halogens is 1. The molecule has 0 fully saturated rings. The molecule has 0 unspecified atom stereocenters. The second-order valence-electron chi connectivity index (χ2n) is 5.51. The third-order valence-corrected chi connectivity index (χ3v) is 3.51. The molecule has 1 aromatic carbocycles. The van der Waals surface area contributed by atoms with Crippen molar-refractivity contribution in [3.63, 3.8) is 0 Å². The monoisotopic (exact) mass is 365 g/mol. The van der Waals surface area contributed by atoms with E-state index in [0.717, 1.165) is 21.1 Å². The molecule has 0 bridgehead atoms. The number of nitrogens with one attached hydrogen (secondary N) is 1. The number of pyridine rings is 1. The number of aromatic nitrogens is 1. The van der Waals surface area contributed by atoms with Gasteiger partial charge < -0.3 is 15.8 Å². The van der Waals surface area contributed by atoms with Crippen molar-refractivity contribution in [2.24, 2.45) is 5.92 Å². The van der Waals surface area contributed by atoms with E-state index >= 15 is 0 Å². The van der Waals surface area contributed by atoms with Gasteiger partial charge in [-0.3, -0.25) is 4.79 Å². The van der Waals surface area contributed by atoms with Crippen molar-refractivity contribution < 1.29 is 9.53 Å². The third-order valence-electron chi connectivity index (χ3n) is 3.01. The van der Waals surface area contributed by atoms with Crippen LogP contribution in [-0.4, -0.2) is 24.1 Å². The summed E-state index contributed by atoms with van der Waals surface area (Å²) in [6, 6.07) is 7.59. The first kappa shape index (κ1) is 16.5. The minimum atomic E-state index is -0.199. The number of carbonyl (C=O) groups is 1. The van der Waals surface area contributed by atoms with Crippen LogP contribution < -0.4 is 11.1 Å². The van der Waals surface area contributed by atoms with Crippen molar-refractivity contribution in [2.75, 3.05) is 24.2 Å². The van der Waals surface area contributed by atoms with E-state index in [9.17, 15) is 4.79 Å². The average molecular weight is 366 g/mol. The van der Waals surface area contributed by atoms with Crippen LogP contribution >= 0.6 is 15.9 Å². The van der Waals surface area contributed by atoms with Crippen molar-refractivity contribution in [1.29, 1.82) is 0 Å². The molecule has 1 heterocycles. The Bertz CT molecular complexity index is 668. The number of carbonyl (C=O) groups excluding carboxylic acids is 1. The number of hydrogen-bond donors (Lipinski definition) is 2. The molecule has 0 radical (unpaired) electrons. The topological polar surface area (TPSA) is 77.2 Å². The smallest absolute Gasteiger partial charge is 0.307 e. The molecule has 0 amide bonds. The van der Waals surface area contributed by atoms with E-state index in [1.807, 2.05) is 32.0 Å². The van der Waals surface area contributed by atoms with Gasteiger partial charge in [0.15, 0.2) is 0 Å². The first-order chi connectivity index (χ1) is 10.5. The number of nitrogens with two attached hydrogens (primary N) is 1. The van der Waals surface area contributed by atoms with Crippen LogP contribution in [0.25, 0.3) is 10.9 Å². The molecule has 2 rings (SSSR count). The van der Waals surface area contributed by atoms with Crippen LogP contribution in [-0.2, 0) is 9.53 Å². The lowest BCUT2D eigenvalue weighted by atomic mass is 10.2. The van der Waals surface area contributed by atoms with Crippen molar-refractivity contribution in [2.45, 2.75) is 20.3 Å². The van der Waals surface area contributed by atoms with E-state index < -0.39 is 0 Å². The molecule has 2 aromatic rings. The molecular weight excluding hydrogens is 346 g/mol. The Morgan fingerprint density at radius 3 is 2.91 bits per heavy atom. The number of hydrogen-bond acceptors (Lipinski definition) is 5. The molecule has 0 aliphatic heterocycles. The second kappa shape index (κ2) is 7.45. The predicted molar refractivity (Wildman–Crippen MR) is 92.8 cm³/mol. The van der Waals surface area contributed by atoms with Gasteiger partial charge in [-0.1, -0.05) is 29.8 Å². The SMILES string of the molecule is CC(C)COC(=O)CCNc1cc(N)nc2cc(Br)ccc12. The fourth-order valence-electron chi connectivity index (χ4n) is 2.00. The van der Waals surface area contributed by atoms with E-state index in [0.29, 0.717) is 31.3 Å². The number of rotatable bonds is 6. The van der Waals surface area contributed by atoms with E-state index in [-0.39, 0.29) is 5.97 Å². The van der Waals surface area contributed by atoms with E-state index in [4.69, 9.17) is 10.5 Å². The molecule has 0 aliphatic rings. The van der Waals surface area contributed by atoms with Crippen LogP contribution in [0.1, 0.15) is 20.3 Å². The minimum absolute atomic E-state index is 0.199. The Hall–Kier alpha value is -1.82. The summed E-state index contributed by atoms with van der Waals surface area (Å²) >= 11 is 3.42. The van der Waals surface area contributed by atoms with Gasteiger partial charge in [-0.2, -0.15) is 0 Å². The zero-order valence-corrected chi connectivity index (χ0v) is 14.3. The number of nitrogen functional groups attached to an aromatic ring is 1. The summed E-state index contributed by atoms with van der Waals surface area (Å²) in [5.41, 5.74) is 7.50. The molecule has 118 valence electrons. The molecule has 0 atom stereocenters. The number of anilines is 2. The largest absolute Gasteiger partial charge is 0.465 e. The molecule has 22 heavy (non-hydrogen) atoms. The first-order valence-electron chi connectivity index (χ1n) is 7.21. The number of benzene rings is 1.